The maximum Gasteiger partial charge on any atom is 0.436 e. The monoisotopic (exact) mass is 501 g/mol. The molecule has 1 saturated carbocycles. The van der Waals surface area contributed by atoms with E-state index in [1.54, 1.807) is 6.92 Å². The van der Waals surface area contributed by atoms with Gasteiger partial charge in [0.25, 0.3) is 0 Å². The molecule has 0 atom stereocenters. The molecule has 3 rings (SSSR count). The van der Waals surface area contributed by atoms with Gasteiger partial charge in [0.05, 0.1) is 15.9 Å². The molecule has 1 amide bonds. The topological polar surface area (TPSA) is 64.7 Å². The first-order chi connectivity index (χ1) is 13.1. The fourth-order valence-electron chi connectivity index (χ4n) is 2.83. The van der Waals surface area contributed by atoms with Crippen LogP contribution < -0.4 is 5.32 Å². The summed E-state index contributed by atoms with van der Waals surface area (Å²) in [6, 6.07) is 0. The highest BCUT2D eigenvalue weighted by molar-refractivity contribution is 9.10. The van der Waals surface area contributed by atoms with E-state index in [9.17, 15) is 18.0 Å². The van der Waals surface area contributed by atoms with Gasteiger partial charge in [0.1, 0.15) is 16.7 Å². The van der Waals surface area contributed by atoms with Crippen molar-refractivity contribution in [3.8, 4) is 0 Å². The summed E-state index contributed by atoms with van der Waals surface area (Å²) in [5.41, 5.74) is 0.0479. The average molecular weight is 503 g/mol. The number of nitrogens with zero attached hydrogens (tertiary/aromatic N) is 4. The number of nitrogens with one attached hydrogen (secondary N) is 1. The van der Waals surface area contributed by atoms with Crippen molar-refractivity contribution in [1.82, 2.24) is 24.9 Å². The first kappa shape index (κ1) is 21.4. The van der Waals surface area contributed by atoms with Gasteiger partial charge in [-0.3, -0.25) is 14.2 Å². The van der Waals surface area contributed by atoms with Crippen LogP contribution in [0, 0.1) is 6.92 Å². The molecule has 6 nitrogen and oxygen atoms in total. The molecule has 1 N–H and O–H groups in total. The number of amides is 1. The van der Waals surface area contributed by atoms with Crippen molar-refractivity contribution in [3.05, 3.63) is 31.7 Å². The molecule has 28 heavy (non-hydrogen) atoms. The number of carbonyl (C=O) groups is 1. The molecule has 0 aromatic carbocycles. The maximum atomic E-state index is 13.1. The van der Waals surface area contributed by atoms with Crippen LogP contribution in [0.5, 0.6) is 0 Å². The van der Waals surface area contributed by atoms with E-state index in [1.165, 1.54) is 4.68 Å². The molecule has 0 unspecified atom stereocenters. The summed E-state index contributed by atoms with van der Waals surface area (Å²) in [5.74, 6) is -0.410. The van der Waals surface area contributed by atoms with Crippen LogP contribution in [0.3, 0.4) is 0 Å². The molecular formula is C16H17BrCl2F3N5O. The van der Waals surface area contributed by atoms with Crippen LogP contribution in [0.4, 0.5) is 13.2 Å². The minimum atomic E-state index is -4.58. The minimum Gasteiger partial charge on any atom is -0.354 e. The molecule has 0 spiro atoms. The van der Waals surface area contributed by atoms with E-state index >= 15 is 0 Å². The van der Waals surface area contributed by atoms with Crippen LogP contribution in [0.15, 0.2) is 4.47 Å². The Morgan fingerprint density at radius 3 is 2.50 bits per heavy atom. The third-order valence-corrected chi connectivity index (χ3v) is 6.04. The third-order valence-electron chi connectivity index (χ3n) is 4.32. The van der Waals surface area contributed by atoms with Crippen LogP contribution in [0.1, 0.15) is 42.3 Å². The van der Waals surface area contributed by atoms with Gasteiger partial charge < -0.3 is 5.32 Å². The van der Waals surface area contributed by atoms with E-state index in [2.05, 4.69) is 31.4 Å². The third kappa shape index (κ3) is 4.65. The molecule has 0 radical (unpaired) electrons. The van der Waals surface area contributed by atoms with Crippen LogP contribution in [-0.2, 0) is 24.1 Å². The van der Waals surface area contributed by atoms with Gasteiger partial charge in [0.15, 0.2) is 5.69 Å². The lowest BCUT2D eigenvalue weighted by Gasteiger charge is -2.09. The Labute approximate surface area is 177 Å². The van der Waals surface area contributed by atoms with Gasteiger partial charge in [0, 0.05) is 19.0 Å². The zero-order valence-corrected chi connectivity index (χ0v) is 17.9. The molecule has 1 fully saturated rings. The highest BCUT2D eigenvalue weighted by Gasteiger charge is 2.41. The molecule has 12 heteroatoms. The molecule has 1 aliphatic rings. The van der Waals surface area contributed by atoms with Gasteiger partial charge in [-0.25, -0.2) is 0 Å². The Morgan fingerprint density at radius 1 is 1.29 bits per heavy atom. The number of carbonyl (C=O) groups excluding carboxylic acids is 1. The number of aryl methyl sites for hydroxylation is 2. The molecule has 2 aromatic heterocycles. The van der Waals surface area contributed by atoms with Gasteiger partial charge in [-0.15, -0.1) is 0 Å². The van der Waals surface area contributed by atoms with Crippen LogP contribution in [0.25, 0.3) is 0 Å². The van der Waals surface area contributed by atoms with Crippen LogP contribution >= 0.6 is 39.1 Å². The zero-order valence-electron chi connectivity index (χ0n) is 14.8. The van der Waals surface area contributed by atoms with Crippen molar-refractivity contribution < 1.29 is 18.0 Å². The van der Waals surface area contributed by atoms with E-state index in [4.69, 9.17) is 23.2 Å². The zero-order chi connectivity index (χ0) is 20.6. The van der Waals surface area contributed by atoms with Crippen molar-refractivity contribution in [2.24, 2.45) is 0 Å². The summed E-state index contributed by atoms with van der Waals surface area (Å²) < 4.78 is 41.9. The lowest BCUT2D eigenvalue weighted by molar-refractivity contribution is -0.142. The van der Waals surface area contributed by atoms with Crippen molar-refractivity contribution in [3.63, 3.8) is 0 Å². The lowest BCUT2D eigenvalue weighted by atomic mass is 10.2. The van der Waals surface area contributed by atoms with Crippen molar-refractivity contribution in [1.29, 1.82) is 0 Å². The summed E-state index contributed by atoms with van der Waals surface area (Å²) in [7, 11) is 0. The average Bonchev–Trinajstić information content (AvgIpc) is 3.34. The van der Waals surface area contributed by atoms with E-state index in [0.29, 0.717) is 41.1 Å². The van der Waals surface area contributed by atoms with Crippen molar-refractivity contribution in [2.45, 2.75) is 51.4 Å². The van der Waals surface area contributed by atoms with Crippen LogP contribution in [-0.4, -0.2) is 32.0 Å². The van der Waals surface area contributed by atoms with E-state index in [-0.39, 0.29) is 16.9 Å². The highest BCUT2D eigenvalue weighted by atomic mass is 79.9. The molecule has 154 valence electrons. The minimum absolute atomic E-state index is 0.000667. The molecule has 2 aromatic rings. The Hall–Kier alpha value is -1.26. The van der Waals surface area contributed by atoms with Crippen molar-refractivity contribution >= 4 is 45.0 Å². The smallest absolute Gasteiger partial charge is 0.354 e. The lowest BCUT2D eigenvalue weighted by Crippen LogP contribution is -2.30. The summed E-state index contributed by atoms with van der Waals surface area (Å²) in [6.07, 6.45) is -2.47. The number of hydrogen-bond acceptors (Lipinski definition) is 3. The normalized spacial score (nSPS) is 14.5. The molecule has 2 heterocycles. The molecular weight excluding hydrogens is 486 g/mol. The van der Waals surface area contributed by atoms with Gasteiger partial charge in [-0.1, -0.05) is 23.2 Å². The van der Waals surface area contributed by atoms with Crippen molar-refractivity contribution in [2.75, 3.05) is 6.54 Å². The SMILES string of the molecule is Cc1nn(CCCNC(=O)Cn2nc(C(F)(F)F)c(Br)c2C2CC2)c(Cl)c1Cl. The van der Waals surface area contributed by atoms with Crippen LogP contribution in [0.2, 0.25) is 10.2 Å². The second-order valence-electron chi connectivity index (χ2n) is 6.59. The van der Waals surface area contributed by atoms with E-state index in [0.717, 1.165) is 17.5 Å². The summed E-state index contributed by atoms with van der Waals surface area (Å²) in [4.78, 5) is 12.2. The summed E-state index contributed by atoms with van der Waals surface area (Å²) in [6.45, 7) is 2.24. The number of aromatic nitrogens is 4. The summed E-state index contributed by atoms with van der Waals surface area (Å²) in [5, 5.41) is 11.2. The number of halogens is 6. The predicted molar refractivity (Wildman–Crippen MR) is 102 cm³/mol. The Balaban J connectivity index is 1.57. The second-order valence-corrected chi connectivity index (χ2v) is 8.12. The quantitative estimate of drug-likeness (QED) is 0.564. The van der Waals surface area contributed by atoms with Gasteiger partial charge >= 0.3 is 6.18 Å². The summed E-state index contributed by atoms with van der Waals surface area (Å²) >= 11 is 15.0. The fraction of sp³-hybridized carbons (Fsp3) is 0.562. The largest absolute Gasteiger partial charge is 0.436 e. The Bertz CT molecular complexity index is 892. The van der Waals surface area contributed by atoms with Gasteiger partial charge in [0.2, 0.25) is 5.91 Å². The van der Waals surface area contributed by atoms with Gasteiger partial charge in [-0.2, -0.15) is 23.4 Å². The number of hydrogen-bond donors (Lipinski definition) is 1. The first-order valence-corrected chi connectivity index (χ1v) is 10.1. The first-order valence-electron chi connectivity index (χ1n) is 8.58. The molecule has 0 aliphatic heterocycles. The molecule has 1 aliphatic carbocycles. The Kier molecular flexibility index (Phi) is 6.31. The van der Waals surface area contributed by atoms with E-state index in [1.807, 2.05) is 0 Å². The number of alkyl halides is 3. The molecule has 0 saturated heterocycles. The highest BCUT2D eigenvalue weighted by Crippen LogP contribution is 2.46. The Morgan fingerprint density at radius 2 is 1.96 bits per heavy atom. The molecule has 0 bridgehead atoms. The number of rotatable bonds is 7. The maximum absolute atomic E-state index is 13.1. The van der Waals surface area contributed by atoms with E-state index < -0.39 is 17.8 Å². The fourth-order valence-corrected chi connectivity index (χ4v) is 4.06. The van der Waals surface area contributed by atoms with Gasteiger partial charge in [-0.05, 0) is 42.1 Å². The predicted octanol–water partition coefficient (Wildman–Crippen LogP) is 4.56. The standard InChI is InChI=1S/C16H17BrCl2F3N5O/c1-8-12(18)15(19)26(24-8)6-2-5-23-10(28)7-27-13(9-3-4-9)11(17)14(25-27)16(20,21)22/h9H,2-7H2,1H3,(H,23,28). The second kappa shape index (κ2) is 8.23.